The molecule has 0 rings (SSSR count). The van der Waals surface area contributed by atoms with Gasteiger partial charge in [-0.1, -0.05) is 90.4 Å². The highest BCUT2D eigenvalue weighted by Crippen LogP contribution is 2.35. The quantitative estimate of drug-likeness (QED) is 0.175. The molecule has 0 fully saturated rings. The van der Waals surface area contributed by atoms with E-state index in [0.29, 0.717) is 0 Å². The Morgan fingerprint density at radius 3 is 1.31 bits per heavy atom. The Labute approximate surface area is 161 Å². The number of unbranched alkanes of at least 4 members (excludes halogenated alkanes) is 14. The molecule has 0 amide bonds. The molecule has 26 heavy (non-hydrogen) atoms. The van der Waals surface area contributed by atoms with Gasteiger partial charge in [-0.05, 0) is 19.3 Å². The summed E-state index contributed by atoms with van der Waals surface area (Å²) in [6, 6.07) is 0. The Balaban J connectivity index is 3.02. The zero-order valence-corrected chi connectivity index (χ0v) is 17.9. The Bertz CT molecular complexity index is 319. The Hall–Kier alpha value is 0.0700. The number of ether oxygens (including phenoxy) is 1. The van der Waals surface area contributed by atoms with Crippen LogP contribution < -0.4 is 0 Å². The van der Waals surface area contributed by atoms with Crippen LogP contribution in [0.3, 0.4) is 0 Å². The maximum Gasteiger partial charge on any atom is 0.469 e. The van der Waals surface area contributed by atoms with E-state index >= 15 is 0 Å². The third kappa shape index (κ3) is 24.1. The zero-order valence-electron chi connectivity index (χ0n) is 17.0. The number of phosphoric acid groups is 1. The van der Waals surface area contributed by atoms with Crippen LogP contribution in [0.4, 0.5) is 0 Å². The van der Waals surface area contributed by atoms with E-state index in [1.54, 1.807) is 0 Å². The largest absolute Gasteiger partial charge is 0.469 e. The van der Waals surface area contributed by atoms with E-state index in [1.807, 2.05) is 0 Å². The molecule has 0 aromatic heterocycles. The van der Waals surface area contributed by atoms with Gasteiger partial charge < -0.3 is 14.5 Å². The fourth-order valence-electron chi connectivity index (χ4n) is 2.99. The van der Waals surface area contributed by atoms with Crippen LogP contribution in [0.15, 0.2) is 0 Å². The molecule has 0 aliphatic carbocycles. The lowest BCUT2D eigenvalue weighted by molar-refractivity contribution is 0.125. The molecule has 0 aliphatic heterocycles. The molecule has 0 radical (unpaired) electrons. The van der Waals surface area contributed by atoms with Crippen LogP contribution in [0.1, 0.15) is 110 Å². The van der Waals surface area contributed by atoms with Crippen LogP contribution in [0.2, 0.25) is 0 Å². The first kappa shape index (κ1) is 26.1. The Kier molecular flexibility index (Phi) is 19.9. The van der Waals surface area contributed by atoms with Gasteiger partial charge in [0, 0.05) is 13.2 Å². The molecule has 0 aliphatic rings. The van der Waals surface area contributed by atoms with E-state index in [4.69, 9.17) is 14.5 Å². The lowest BCUT2D eigenvalue weighted by Gasteiger charge is -2.05. The molecule has 0 saturated carbocycles. The summed E-state index contributed by atoms with van der Waals surface area (Å²) in [5, 5.41) is 0. The zero-order chi connectivity index (χ0) is 19.3. The fourth-order valence-corrected chi connectivity index (χ4v) is 3.36. The van der Waals surface area contributed by atoms with Crippen LogP contribution in [-0.4, -0.2) is 29.6 Å². The average molecular weight is 395 g/mol. The molecule has 0 unspecified atom stereocenters. The maximum absolute atomic E-state index is 10.5. The second-order valence-electron chi connectivity index (χ2n) is 7.24. The van der Waals surface area contributed by atoms with Gasteiger partial charge in [-0.25, -0.2) is 4.57 Å². The molecule has 0 aromatic rings. The molecule has 5 nitrogen and oxygen atoms in total. The van der Waals surface area contributed by atoms with Gasteiger partial charge in [-0.3, -0.25) is 4.52 Å². The van der Waals surface area contributed by atoms with E-state index in [-0.39, 0.29) is 6.61 Å². The molecular weight excluding hydrogens is 351 g/mol. The van der Waals surface area contributed by atoms with Crippen molar-refractivity contribution in [2.75, 3.05) is 19.8 Å². The van der Waals surface area contributed by atoms with Crippen molar-refractivity contribution in [2.24, 2.45) is 0 Å². The van der Waals surface area contributed by atoms with Crippen molar-refractivity contribution < 1.29 is 23.6 Å². The Morgan fingerprint density at radius 2 is 0.923 bits per heavy atom. The normalized spacial score (nSPS) is 12.0. The third-order valence-electron chi connectivity index (χ3n) is 4.58. The first-order valence-corrected chi connectivity index (χ1v) is 12.4. The number of hydrogen-bond acceptors (Lipinski definition) is 3. The highest BCUT2D eigenvalue weighted by Gasteiger charge is 2.12. The summed E-state index contributed by atoms with van der Waals surface area (Å²) in [7, 11) is -4.27. The summed E-state index contributed by atoms with van der Waals surface area (Å²) in [5.74, 6) is 0. The molecule has 0 aromatic carbocycles. The van der Waals surface area contributed by atoms with Gasteiger partial charge in [-0.15, -0.1) is 0 Å². The molecule has 0 atom stereocenters. The summed E-state index contributed by atoms with van der Waals surface area (Å²) in [5.41, 5.74) is 0. The van der Waals surface area contributed by atoms with Crippen molar-refractivity contribution in [3.05, 3.63) is 0 Å². The van der Waals surface area contributed by atoms with Gasteiger partial charge in [0.15, 0.2) is 0 Å². The van der Waals surface area contributed by atoms with Crippen LogP contribution in [0.5, 0.6) is 0 Å². The topological polar surface area (TPSA) is 76.0 Å². The van der Waals surface area contributed by atoms with Gasteiger partial charge in [0.2, 0.25) is 0 Å². The predicted molar refractivity (Wildman–Crippen MR) is 108 cm³/mol. The summed E-state index contributed by atoms with van der Waals surface area (Å²) in [6.07, 6.45) is 19.6. The average Bonchev–Trinajstić information content (AvgIpc) is 2.59. The van der Waals surface area contributed by atoms with Crippen LogP contribution in [0, 0.1) is 0 Å². The van der Waals surface area contributed by atoms with E-state index in [0.717, 1.165) is 32.5 Å². The van der Waals surface area contributed by atoms with E-state index in [2.05, 4.69) is 11.4 Å². The maximum atomic E-state index is 10.5. The SMILES string of the molecule is CCCCCCCCOCCCCCCCCCCCCOP(=O)(O)O. The van der Waals surface area contributed by atoms with Crippen molar-refractivity contribution in [1.82, 2.24) is 0 Å². The first-order valence-electron chi connectivity index (χ1n) is 10.8. The van der Waals surface area contributed by atoms with E-state index < -0.39 is 7.82 Å². The van der Waals surface area contributed by atoms with Crippen molar-refractivity contribution in [3.63, 3.8) is 0 Å². The summed E-state index contributed by atoms with van der Waals surface area (Å²) in [6.45, 7) is 4.27. The minimum absolute atomic E-state index is 0.158. The van der Waals surface area contributed by atoms with E-state index in [9.17, 15) is 4.57 Å². The molecule has 0 heterocycles. The standard InChI is InChI=1S/C20H43O5P/c1-2-3-4-5-12-15-18-24-19-16-13-10-8-6-7-9-11-14-17-20-25-26(21,22)23/h2-20H2,1H3,(H2,21,22,23). The van der Waals surface area contributed by atoms with Crippen molar-refractivity contribution >= 4 is 7.82 Å². The van der Waals surface area contributed by atoms with Crippen molar-refractivity contribution in [3.8, 4) is 0 Å². The summed E-state index contributed by atoms with van der Waals surface area (Å²) >= 11 is 0. The van der Waals surface area contributed by atoms with Gasteiger partial charge >= 0.3 is 7.82 Å². The van der Waals surface area contributed by atoms with Gasteiger partial charge in [0.1, 0.15) is 0 Å². The highest BCUT2D eigenvalue weighted by molar-refractivity contribution is 7.46. The molecule has 0 saturated heterocycles. The lowest BCUT2D eigenvalue weighted by atomic mass is 10.1. The van der Waals surface area contributed by atoms with E-state index in [1.165, 1.54) is 83.5 Å². The second-order valence-corrected chi connectivity index (χ2v) is 8.48. The lowest BCUT2D eigenvalue weighted by Crippen LogP contribution is -1.97. The Morgan fingerprint density at radius 1 is 0.577 bits per heavy atom. The van der Waals surface area contributed by atoms with Gasteiger partial charge in [0.05, 0.1) is 6.61 Å². The summed E-state index contributed by atoms with van der Waals surface area (Å²) in [4.78, 5) is 17.1. The molecule has 6 heteroatoms. The number of hydrogen-bond donors (Lipinski definition) is 2. The first-order chi connectivity index (χ1) is 12.6. The monoisotopic (exact) mass is 394 g/mol. The molecule has 2 N–H and O–H groups in total. The molecular formula is C20H43O5P. The summed E-state index contributed by atoms with van der Waals surface area (Å²) < 4.78 is 20.6. The molecule has 0 spiro atoms. The minimum Gasteiger partial charge on any atom is -0.381 e. The smallest absolute Gasteiger partial charge is 0.381 e. The highest BCUT2D eigenvalue weighted by atomic mass is 31.2. The number of phosphoric ester groups is 1. The predicted octanol–water partition coefficient (Wildman–Crippen LogP) is 6.37. The molecule has 0 bridgehead atoms. The third-order valence-corrected chi connectivity index (χ3v) is 5.10. The van der Waals surface area contributed by atoms with Crippen LogP contribution in [-0.2, 0) is 13.8 Å². The number of rotatable bonds is 21. The van der Waals surface area contributed by atoms with Crippen LogP contribution in [0.25, 0.3) is 0 Å². The van der Waals surface area contributed by atoms with Gasteiger partial charge in [-0.2, -0.15) is 0 Å². The second kappa shape index (κ2) is 19.8. The van der Waals surface area contributed by atoms with Crippen LogP contribution >= 0.6 is 7.82 Å². The van der Waals surface area contributed by atoms with Gasteiger partial charge in [0.25, 0.3) is 0 Å². The van der Waals surface area contributed by atoms with Crippen molar-refractivity contribution in [1.29, 1.82) is 0 Å². The minimum atomic E-state index is -4.27. The fraction of sp³-hybridized carbons (Fsp3) is 1.00. The van der Waals surface area contributed by atoms with Crippen molar-refractivity contribution in [2.45, 2.75) is 110 Å². The molecule has 158 valence electrons.